The van der Waals surface area contributed by atoms with Gasteiger partial charge >= 0.3 is 0 Å². The molecule has 6 atom stereocenters. The van der Waals surface area contributed by atoms with Crippen LogP contribution in [0.5, 0.6) is 0 Å². The molecule has 73 heavy (non-hydrogen) atoms. The van der Waals surface area contributed by atoms with E-state index in [4.69, 9.17) is 17.2 Å². The number of rotatable bonds is 13. The van der Waals surface area contributed by atoms with Gasteiger partial charge in [0, 0.05) is 55.9 Å². The zero-order valence-electron chi connectivity index (χ0n) is 41.7. The van der Waals surface area contributed by atoms with Gasteiger partial charge in [0.15, 0.2) is 5.96 Å². The number of para-hydroxylation sites is 1. The van der Waals surface area contributed by atoms with Crippen molar-refractivity contribution in [2.45, 2.75) is 139 Å². The molecule has 2 aliphatic rings. The SMILES string of the molecule is CCCCC(=O)NC1CC(=O)NCCCC[C@@H](C(N)=O)NC(=O)[C@H](Cc2c[nH]c3ccccc23)NC(=O)[C@H](CCCN=C(N)N)NC(=O)[C@@H](Cc2ccccc2)NC(=O)C2(CCc3c(C)cccc3C2)NC1=O. The molecule has 8 amide bonds. The number of guanidine groups is 1. The van der Waals surface area contributed by atoms with Gasteiger partial charge < -0.3 is 59.4 Å². The molecule has 1 aromatic heterocycles. The van der Waals surface area contributed by atoms with E-state index >= 15 is 4.79 Å². The van der Waals surface area contributed by atoms with Gasteiger partial charge in [0.25, 0.3) is 0 Å². The summed E-state index contributed by atoms with van der Waals surface area (Å²) in [6, 6.07) is 15.6. The third kappa shape index (κ3) is 15.4. The first kappa shape index (κ1) is 54.6. The minimum atomic E-state index is -1.68. The molecule has 20 heteroatoms. The Morgan fingerprint density at radius 1 is 0.781 bits per heavy atom. The number of fused-ring (bicyclic) bond motifs is 2. The lowest BCUT2D eigenvalue weighted by Crippen LogP contribution is -2.67. The van der Waals surface area contributed by atoms with Crippen molar-refractivity contribution in [3.8, 4) is 0 Å². The number of primary amides is 1. The summed E-state index contributed by atoms with van der Waals surface area (Å²) in [4.78, 5) is 121. The van der Waals surface area contributed by atoms with Gasteiger partial charge in [-0.05, 0) is 92.2 Å². The fourth-order valence-corrected chi connectivity index (χ4v) is 9.45. The van der Waals surface area contributed by atoms with Crippen LogP contribution in [0.3, 0.4) is 0 Å². The van der Waals surface area contributed by atoms with Gasteiger partial charge in [-0.25, -0.2) is 0 Å². The van der Waals surface area contributed by atoms with E-state index in [-0.39, 0.29) is 70.4 Å². The molecule has 14 N–H and O–H groups in total. The normalized spacial score (nSPS) is 22.8. The highest BCUT2D eigenvalue weighted by atomic mass is 16.2. The Morgan fingerprint density at radius 3 is 2.25 bits per heavy atom. The number of nitrogens with one attached hydrogen (secondary N) is 8. The van der Waals surface area contributed by atoms with Crippen LogP contribution in [0.25, 0.3) is 10.9 Å². The van der Waals surface area contributed by atoms with Crippen molar-refractivity contribution in [1.82, 2.24) is 42.2 Å². The van der Waals surface area contributed by atoms with Crippen molar-refractivity contribution >= 4 is 64.1 Å². The summed E-state index contributed by atoms with van der Waals surface area (Å²) in [7, 11) is 0. The molecule has 4 aromatic rings. The van der Waals surface area contributed by atoms with E-state index in [9.17, 15) is 33.6 Å². The van der Waals surface area contributed by atoms with Crippen LogP contribution >= 0.6 is 0 Å². The van der Waals surface area contributed by atoms with Crippen LogP contribution in [0.1, 0.15) is 98.9 Å². The summed E-state index contributed by atoms with van der Waals surface area (Å²) < 4.78 is 0. The molecule has 390 valence electrons. The van der Waals surface area contributed by atoms with E-state index in [2.05, 4.69) is 47.2 Å². The van der Waals surface area contributed by atoms with Crippen molar-refractivity contribution < 1.29 is 38.4 Å². The Labute approximate surface area is 425 Å². The van der Waals surface area contributed by atoms with Crippen molar-refractivity contribution in [3.05, 3.63) is 107 Å². The predicted octanol–water partition coefficient (Wildman–Crippen LogP) is 1.15. The van der Waals surface area contributed by atoms with Gasteiger partial charge in [-0.2, -0.15) is 0 Å². The average molecular weight is 1000 g/mol. The van der Waals surface area contributed by atoms with Crippen LogP contribution in [-0.4, -0.2) is 107 Å². The number of H-pyrrole nitrogens is 1. The monoisotopic (exact) mass is 1000 g/mol. The van der Waals surface area contributed by atoms with Gasteiger partial charge in [-0.1, -0.05) is 80.1 Å². The number of aromatic nitrogens is 1. The van der Waals surface area contributed by atoms with Gasteiger partial charge in [0.1, 0.15) is 35.7 Å². The van der Waals surface area contributed by atoms with E-state index in [1.54, 1.807) is 36.5 Å². The number of carbonyl (C=O) groups is 8. The predicted molar refractivity (Wildman–Crippen MR) is 276 cm³/mol. The zero-order chi connectivity index (χ0) is 52.5. The number of carbonyl (C=O) groups excluding carboxylic acids is 8. The topological polar surface area (TPSA) is 327 Å². The van der Waals surface area contributed by atoms with Crippen molar-refractivity contribution in [3.63, 3.8) is 0 Å². The third-order valence-electron chi connectivity index (χ3n) is 13.5. The van der Waals surface area contributed by atoms with Crippen LogP contribution in [0.4, 0.5) is 0 Å². The summed E-state index contributed by atoms with van der Waals surface area (Å²) in [6.07, 6.45) is 3.97. The number of hydrogen-bond donors (Lipinski definition) is 11. The summed E-state index contributed by atoms with van der Waals surface area (Å²) >= 11 is 0. The number of aromatic amines is 1. The third-order valence-corrected chi connectivity index (χ3v) is 13.5. The Balaban J connectivity index is 1.41. The first-order valence-corrected chi connectivity index (χ1v) is 25.2. The van der Waals surface area contributed by atoms with Crippen molar-refractivity contribution in [2.24, 2.45) is 22.2 Å². The maximum absolute atomic E-state index is 15.2. The van der Waals surface area contributed by atoms with Crippen molar-refractivity contribution in [2.75, 3.05) is 13.1 Å². The molecule has 1 fully saturated rings. The van der Waals surface area contributed by atoms with E-state index < -0.39 is 89.4 Å². The molecule has 3 aromatic carbocycles. The van der Waals surface area contributed by atoms with E-state index in [0.717, 1.165) is 27.6 Å². The standard InChI is InChI=1S/C53H70N12O8/c1-3-4-22-44(66)60-43-29-45(67)57-25-11-10-20-39(46(54)68)61-49(71)42(28-35-31-59-38-19-9-8-18-37(35)38)63-47(69)40(21-13-26-58-52(55)56)62-48(70)41(27-33-15-6-5-7-16-33)64-51(73)53(65-50(43)72)24-23-36-32(2)14-12-17-34(36)30-53/h5-9,12,14-19,31,39-43,59H,3-4,10-11,13,20-30H2,1-2H3,(H2,54,68)(H,57,67)(H,60,66)(H,61,71)(H,62,70)(H,63,69)(H,64,73)(H,65,72)(H4,55,56,58)/t39-,40-,41+,42-,43?,53?/m0/s1. The van der Waals surface area contributed by atoms with E-state index in [0.29, 0.717) is 43.2 Å². The number of amides is 8. The Hall–Kier alpha value is -7.77. The summed E-state index contributed by atoms with van der Waals surface area (Å²) in [5.74, 6) is -5.68. The maximum atomic E-state index is 15.2. The van der Waals surface area contributed by atoms with Crippen LogP contribution in [-0.2, 0) is 64.0 Å². The lowest BCUT2D eigenvalue weighted by molar-refractivity contribution is -0.139. The van der Waals surface area contributed by atoms with Crippen LogP contribution in [0.2, 0.25) is 0 Å². The number of nitrogens with zero attached hydrogens (tertiary/aromatic N) is 1. The van der Waals surface area contributed by atoms with E-state index in [1.165, 1.54) is 0 Å². The first-order valence-electron chi connectivity index (χ1n) is 25.2. The molecule has 20 nitrogen and oxygen atoms in total. The van der Waals surface area contributed by atoms with Gasteiger partial charge in [0.2, 0.25) is 47.3 Å². The number of aliphatic imine (C=N–C) groups is 1. The molecule has 0 saturated carbocycles. The number of aryl methyl sites for hydroxylation is 1. The van der Waals surface area contributed by atoms with Crippen molar-refractivity contribution in [1.29, 1.82) is 0 Å². The molecule has 0 radical (unpaired) electrons. The van der Waals surface area contributed by atoms with Crippen LogP contribution in [0.15, 0.2) is 84.0 Å². The Bertz CT molecular complexity index is 2650. The molecular weight excluding hydrogens is 933 g/mol. The van der Waals surface area contributed by atoms with Crippen LogP contribution < -0.4 is 54.4 Å². The number of nitrogens with two attached hydrogens (primary N) is 3. The second-order valence-electron chi connectivity index (χ2n) is 19.0. The smallest absolute Gasteiger partial charge is 0.246 e. The minimum Gasteiger partial charge on any atom is -0.370 e. The van der Waals surface area contributed by atoms with Gasteiger partial charge in [-0.3, -0.25) is 43.3 Å². The fourth-order valence-electron chi connectivity index (χ4n) is 9.45. The molecule has 2 heterocycles. The van der Waals surface area contributed by atoms with Gasteiger partial charge in [-0.15, -0.1) is 0 Å². The summed E-state index contributed by atoms with van der Waals surface area (Å²) in [5.41, 5.74) is 20.3. The lowest BCUT2D eigenvalue weighted by Gasteiger charge is -2.40. The number of hydrogen-bond acceptors (Lipinski definition) is 9. The summed E-state index contributed by atoms with van der Waals surface area (Å²) in [6.45, 7) is 4.09. The molecule has 2 unspecified atom stereocenters. The number of unbranched alkanes of at least 4 members (excludes halogenated alkanes) is 1. The number of benzene rings is 3. The second-order valence-corrected chi connectivity index (χ2v) is 19.0. The highest BCUT2D eigenvalue weighted by Crippen LogP contribution is 2.32. The molecule has 0 bridgehead atoms. The Morgan fingerprint density at radius 2 is 1.49 bits per heavy atom. The fraction of sp³-hybridized carbons (Fsp3) is 0.453. The molecular formula is C53H70N12O8. The average Bonchev–Trinajstić information content (AvgIpc) is 3.77. The minimum absolute atomic E-state index is 0.0139. The quantitative estimate of drug-likeness (QED) is 0.0516. The maximum Gasteiger partial charge on any atom is 0.246 e. The molecule has 1 aliphatic heterocycles. The molecule has 1 spiro atoms. The highest BCUT2D eigenvalue weighted by Gasteiger charge is 2.46. The van der Waals surface area contributed by atoms with Crippen LogP contribution in [0, 0.1) is 6.92 Å². The highest BCUT2D eigenvalue weighted by molar-refractivity contribution is 6.00. The van der Waals surface area contributed by atoms with Gasteiger partial charge in [0.05, 0.1) is 6.42 Å². The largest absolute Gasteiger partial charge is 0.370 e. The lowest BCUT2D eigenvalue weighted by atomic mass is 9.75. The molecule has 6 rings (SSSR count). The summed E-state index contributed by atoms with van der Waals surface area (Å²) in [5, 5.41) is 20.6. The zero-order valence-corrected chi connectivity index (χ0v) is 41.7. The Kier molecular flexibility index (Phi) is 19.5. The molecule has 1 saturated heterocycles. The van der Waals surface area contributed by atoms with E-state index in [1.807, 2.05) is 56.3 Å². The second kappa shape index (κ2) is 26.1. The molecule has 1 aliphatic carbocycles. The first-order chi connectivity index (χ1) is 35.0.